The van der Waals surface area contributed by atoms with Crippen LogP contribution in [0.3, 0.4) is 0 Å². The van der Waals surface area contributed by atoms with Crippen LogP contribution in [0.4, 0.5) is 13.2 Å². The summed E-state index contributed by atoms with van der Waals surface area (Å²) in [5.74, 6) is 0.227. The molecule has 0 aliphatic heterocycles. The number of hydrogen-bond donors (Lipinski definition) is 1. The summed E-state index contributed by atoms with van der Waals surface area (Å²) < 4.78 is 40.9. The predicted octanol–water partition coefficient (Wildman–Crippen LogP) is 5.77. The monoisotopic (exact) mass is 393 g/mol. The molecule has 152 valence electrons. The van der Waals surface area contributed by atoms with Gasteiger partial charge in [0, 0.05) is 5.56 Å². The fourth-order valence-electron chi connectivity index (χ4n) is 2.81. The van der Waals surface area contributed by atoms with Crippen molar-refractivity contribution in [1.82, 2.24) is 5.32 Å². The van der Waals surface area contributed by atoms with Crippen LogP contribution in [0.5, 0.6) is 0 Å². The highest BCUT2D eigenvalue weighted by Gasteiger charge is 2.27. The second-order valence-electron chi connectivity index (χ2n) is 7.06. The lowest BCUT2D eigenvalue weighted by atomic mass is 9.98. The smallest absolute Gasteiger partial charge is 0.367 e. The van der Waals surface area contributed by atoms with Gasteiger partial charge in [-0.25, -0.2) is 0 Å². The van der Waals surface area contributed by atoms with E-state index in [4.69, 9.17) is 0 Å². The molecule has 3 nitrogen and oxygen atoms in total. The highest BCUT2D eigenvalue weighted by molar-refractivity contribution is 5.94. The van der Waals surface area contributed by atoms with E-state index in [2.05, 4.69) is 36.0 Å². The maximum atomic E-state index is 12.5. The molecule has 0 fully saturated rings. The molecule has 0 saturated carbocycles. The Hall–Kier alpha value is -2.34. The van der Waals surface area contributed by atoms with Gasteiger partial charge in [0.1, 0.15) is 6.61 Å². The number of rotatable bonds is 8. The normalized spacial score (nSPS) is 12.8. The van der Waals surface area contributed by atoms with Crippen molar-refractivity contribution < 1.29 is 22.7 Å². The van der Waals surface area contributed by atoms with Crippen molar-refractivity contribution in [2.75, 3.05) is 6.61 Å². The summed E-state index contributed by atoms with van der Waals surface area (Å²) in [6, 6.07) is 14.5. The van der Waals surface area contributed by atoms with Crippen molar-refractivity contribution in [2.45, 2.75) is 51.9 Å². The van der Waals surface area contributed by atoms with E-state index in [0.717, 1.165) is 12.0 Å². The van der Waals surface area contributed by atoms with Crippen molar-refractivity contribution in [1.29, 1.82) is 0 Å². The van der Waals surface area contributed by atoms with Crippen molar-refractivity contribution in [3.63, 3.8) is 0 Å². The maximum absolute atomic E-state index is 12.5. The maximum Gasteiger partial charge on any atom is 0.411 e. The molecule has 0 aromatic heterocycles. The van der Waals surface area contributed by atoms with Gasteiger partial charge in [0.05, 0.1) is 12.6 Å². The molecule has 2 aromatic rings. The Morgan fingerprint density at radius 2 is 1.57 bits per heavy atom. The Labute approximate surface area is 163 Å². The second-order valence-corrected chi connectivity index (χ2v) is 7.06. The fraction of sp³-hybridized carbons (Fsp3) is 0.409. The lowest BCUT2D eigenvalue weighted by molar-refractivity contribution is -0.176. The van der Waals surface area contributed by atoms with Crippen LogP contribution in [-0.4, -0.2) is 18.7 Å². The SMILES string of the molecule is CC[C@H](NC(=O)c1ccc(COCC(F)(F)F)cc1)c1ccc(C(C)C)cc1. The molecule has 0 aliphatic rings. The van der Waals surface area contributed by atoms with E-state index < -0.39 is 12.8 Å². The average Bonchev–Trinajstić information content (AvgIpc) is 2.65. The minimum Gasteiger partial charge on any atom is -0.367 e. The van der Waals surface area contributed by atoms with Crippen LogP contribution in [0.25, 0.3) is 0 Å². The van der Waals surface area contributed by atoms with Gasteiger partial charge in [-0.3, -0.25) is 4.79 Å². The minimum atomic E-state index is -4.34. The highest BCUT2D eigenvalue weighted by atomic mass is 19.4. The Kier molecular flexibility index (Phi) is 7.63. The molecule has 6 heteroatoms. The molecule has 0 spiro atoms. The second kappa shape index (κ2) is 9.73. The molecule has 2 rings (SSSR count). The molecule has 1 N–H and O–H groups in total. The van der Waals surface area contributed by atoms with E-state index in [1.807, 2.05) is 19.1 Å². The zero-order valence-electron chi connectivity index (χ0n) is 16.3. The summed E-state index contributed by atoms with van der Waals surface area (Å²) in [7, 11) is 0. The van der Waals surface area contributed by atoms with E-state index in [0.29, 0.717) is 17.0 Å². The van der Waals surface area contributed by atoms with Crippen molar-refractivity contribution in [3.05, 3.63) is 70.8 Å². The van der Waals surface area contributed by atoms with Gasteiger partial charge in [-0.05, 0) is 41.2 Å². The topological polar surface area (TPSA) is 38.3 Å². The minimum absolute atomic E-state index is 0.108. The number of alkyl halides is 3. The predicted molar refractivity (Wildman–Crippen MR) is 103 cm³/mol. The average molecular weight is 393 g/mol. The first-order valence-electron chi connectivity index (χ1n) is 9.33. The number of benzene rings is 2. The van der Waals surface area contributed by atoms with Gasteiger partial charge < -0.3 is 10.1 Å². The molecule has 0 bridgehead atoms. The molecule has 0 heterocycles. The number of nitrogens with one attached hydrogen (secondary N) is 1. The molecule has 0 unspecified atom stereocenters. The summed E-state index contributed by atoms with van der Waals surface area (Å²) in [6.07, 6.45) is -3.60. The third kappa shape index (κ3) is 6.68. The summed E-state index contributed by atoms with van der Waals surface area (Å²) >= 11 is 0. The first kappa shape index (κ1) is 22.0. The quantitative estimate of drug-likeness (QED) is 0.618. The van der Waals surface area contributed by atoms with E-state index in [9.17, 15) is 18.0 Å². The van der Waals surface area contributed by atoms with Gasteiger partial charge in [-0.1, -0.05) is 57.2 Å². The van der Waals surface area contributed by atoms with Gasteiger partial charge in [0.15, 0.2) is 0 Å². The van der Waals surface area contributed by atoms with Gasteiger partial charge in [0.25, 0.3) is 5.91 Å². The molecular weight excluding hydrogens is 367 g/mol. The summed E-state index contributed by atoms with van der Waals surface area (Å²) in [4.78, 5) is 12.5. The number of carbonyl (C=O) groups is 1. The Bertz CT molecular complexity index is 753. The van der Waals surface area contributed by atoms with Crippen LogP contribution in [0.15, 0.2) is 48.5 Å². The van der Waals surface area contributed by atoms with Crippen LogP contribution >= 0.6 is 0 Å². The van der Waals surface area contributed by atoms with Crippen molar-refractivity contribution in [2.24, 2.45) is 0 Å². The van der Waals surface area contributed by atoms with Gasteiger partial charge in [-0.15, -0.1) is 0 Å². The van der Waals surface area contributed by atoms with Crippen LogP contribution in [-0.2, 0) is 11.3 Å². The Balaban J connectivity index is 1.96. The van der Waals surface area contributed by atoms with E-state index in [1.54, 1.807) is 24.3 Å². The fourth-order valence-corrected chi connectivity index (χ4v) is 2.81. The van der Waals surface area contributed by atoms with E-state index in [1.165, 1.54) is 5.56 Å². The lowest BCUT2D eigenvalue weighted by Crippen LogP contribution is -2.28. The van der Waals surface area contributed by atoms with Crippen molar-refractivity contribution in [3.8, 4) is 0 Å². The van der Waals surface area contributed by atoms with Crippen LogP contribution in [0.2, 0.25) is 0 Å². The summed E-state index contributed by atoms with van der Waals surface area (Å²) in [6.45, 7) is 4.82. The molecule has 2 aromatic carbocycles. The van der Waals surface area contributed by atoms with E-state index >= 15 is 0 Å². The largest absolute Gasteiger partial charge is 0.411 e. The lowest BCUT2D eigenvalue weighted by Gasteiger charge is -2.18. The number of amides is 1. The Morgan fingerprint density at radius 3 is 2.07 bits per heavy atom. The van der Waals surface area contributed by atoms with Gasteiger partial charge in [-0.2, -0.15) is 13.2 Å². The van der Waals surface area contributed by atoms with E-state index in [-0.39, 0.29) is 18.6 Å². The molecule has 1 atom stereocenters. The van der Waals surface area contributed by atoms with Crippen LogP contribution < -0.4 is 5.32 Å². The molecular formula is C22H26F3NO2. The molecule has 28 heavy (non-hydrogen) atoms. The zero-order chi connectivity index (χ0) is 20.7. The number of carbonyl (C=O) groups excluding carboxylic acids is 1. The van der Waals surface area contributed by atoms with Crippen molar-refractivity contribution >= 4 is 5.91 Å². The molecule has 0 aliphatic carbocycles. The zero-order valence-corrected chi connectivity index (χ0v) is 16.3. The summed E-state index contributed by atoms with van der Waals surface area (Å²) in [5, 5.41) is 3.01. The first-order valence-corrected chi connectivity index (χ1v) is 9.33. The molecule has 1 amide bonds. The Morgan fingerprint density at radius 1 is 1.00 bits per heavy atom. The third-order valence-corrected chi connectivity index (χ3v) is 4.47. The summed E-state index contributed by atoms with van der Waals surface area (Å²) in [5.41, 5.74) is 3.32. The third-order valence-electron chi connectivity index (χ3n) is 4.47. The van der Waals surface area contributed by atoms with Gasteiger partial charge in [0.2, 0.25) is 0 Å². The first-order chi connectivity index (χ1) is 13.2. The van der Waals surface area contributed by atoms with Crippen LogP contribution in [0.1, 0.15) is 66.2 Å². The number of hydrogen-bond acceptors (Lipinski definition) is 2. The standard InChI is InChI=1S/C22H26F3NO2/c1-4-20(18-11-9-17(10-12-18)15(2)3)26-21(27)19-7-5-16(6-8-19)13-28-14-22(23,24)25/h5-12,15,20H,4,13-14H2,1-3H3,(H,26,27)/t20-/m0/s1. The molecule has 0 saturated heterocycles. The molecule has 0 radical (unpaired) electrons. The van der Waals surface area contributed by atoms with Gasteiger partial charge >= 0.3 is 6.18 Å². The number of halogens is 3. The van der Waals surface area contributed by atoms with Crippen LogP contribution in [0, 0.1) is 0 Å². The number of ether oxygens (including phenoxy) is 1. The highest BCUT2D eigenvalue weighted by Crippen LogP contribution is 2.21.